The fraction of sp³-hybridized carbons (Fsp3) is 0.719. The van der Waals surface area contributed by atoms with Gasteiger partial charge in [0.15, 0.2) is 5.78 Å². The molecule has 46 heavy (non-hydrogen) atoms. The van der Waals surface area contributed by atoms with E-state index in [2.05, 4.69) is 34.5 Å². The quantitative estimate of drug-likeness (QED) is 0.187. The maximum atomic E-state index is 12.0. The molecule has 1 fully saturated rings. The molecule has 14 heteroatoms. The van der Waals surface area contributed by atoms with E-state index in [9.17, 15) is 24.0 Å². The fourth-order valence-electron chi connectivity index (χ4n) is 3.96. The van der Waals surface area contributed by atoms with Crippen molar-refractivity contribution in [3.05, 3.63) is 23.8 Å². The van der Waals surface area contributed by atoms with Gasteiger partial charge >= 0.3 is 0 Å². The zero-order valence-corrected chi connectivity index (χ0v) is 31.1. The molecular weight excluding hydrogens is 627 g/mol. The van der Waals surface area contributed by atoms with Gasteiger partial charge in [-0.1, -0.05) is 87.4 Å². The van der Waals surface area contributed by atoms with Gasteiger partial charge in [-0.3, -0.25) is 28.9 Å². The average Bonchev–Trinajstić information content (AvgIpc) is 3.68. The molecule has 0 N–H and O–H groups in total. The molecule has 1 aliphatic rings. The van der Waals surface area contributed by atoms with Crippen molar-refractivity contribution in [2.75, 3.05) is 5.75 Å². The molecule has 2 aromatic rings. The summed E-state index contributed by atoms with van der Waals surface area (Å²) in [5, 5.41) is 15.2. The summed E-state index contributed by atoms with van der Waals surface area (Å²) in [7, 11) is 2.72. The van der Waals surface area contributed by atoms with Crippen molar-refractivity contribution in [3.8, 4) is 0 Å². The lowest BCUT2D eigenvalue weighted by Crippen LogP contribution is -2.37. The Morgan fingerprint density at radius 1 is 0.783 bits per heavy atom. The van der Waals surface area contributed by atoms with Gasteiger partial charge in [0.1, 0.15) is 23.4 Å². The number of imide groups is 1. The molecule has 2 amide bonds. The minimum absolute atomic E-state index is 0.0196. The minimum atomic E-state index is -0.329. The van der Waals surface area contributed by atoms with Crippen molar-refractivity contribution in [2.24, 2.45) is 17.8 Å². The Balaban J connectivity index is 0.000000349. The largest absolute Gasteiger partial charge is 0.299 e. The van der Waals surface area contributed by atoms with Gasteiger partial charge in [0, 0.05) is 36.3 Å². The first-order chi connectivity index (χ1) is 21.4. The molecule has 1 saturated heterocycles. The second-order valence-electron chi connectivity index (χ2n) is 13.0. The van der Waals surface area contributed by atoms with E-state index in [1.165, 1.54) is 26.5 Å². The van der Waals surface area contributed by atoms with E-state index in [4.69, 9.17) is 0 Å². The third-order valence-corrected chi connectivity index (χ3v) is 9.61. The van der Waals surface area contributed by atoms with Crippen molar-refractivity contribution >= 4 is 50.8 Å². The number of nitrogens with zero attached hydrogens (tertiary/aromatic N) is 7. The highest BCUT2D eigenvalue weighted by Crippen LogP contribution is 2.35. The highest BCUT2D eigenvalue weighted by Gasteiger charge is 2.40. The lowest BCUT2D eigenvalue weighted by Gasteiger charge is -2.18. The molecule has 0 aliphatic carbocycles. The van der Waals surface area contributed by atoms with Crippen molar-refractivity contribution < 1.29 is 24.0 Å². The Morgan fingerprint density at radius 3 is 1.83 bits per heavy atom. The minimum Gasteiger partial charge on any atom is -0.299 e. The second kappa shape index (κ2) is 19.7. The highest BCUT2D eigenvalue weighted by molar-refractivity contribution is 8.77. The Bertz CT molecular complexity index is 1240. The van der Waals surface area contributed by atoms with E-state index in [1.807, 2.05) is 69.2 Å². The molecule has 0 saturated carbocycles. The van der Waals surface area contributed by atoms with Gasteiger partial charge in [-0.2, -0.15) is 0 Å². The number of likely N-dealkylation sites (tertiary alicyclic amines) is 1. The van der Waals surface area contributed by atoms with Gasteiger partial charge in [0.05, 0.1) is 36.0 Å². The first-order valence-electron chi connectivity index (χ1n) is 15.9. The maximum absolute atomic E-state index is 12.0. The Kier molecular flexibility index (Phi) is 17.6. The van der Waals surface area contributed by atoms with Crippen molar-refractivity contribution in [3.63, 3.8) is 0 Å². The smallest absolute Gasteiger partial charge is 0.243 e. The van der Waals surface area contributed by atoms with E-state index >= 15 is 0 Å². The molecule has 1 atom stereocenters. The van der Waals surface area contributed by atoms with Crippen molar-refractivity contribution in [1.82, 2.24) is 34.9 Å². The molecule has 0 aromatic carbocycles. The molecule has 258 valence electrons. The predicted molar refractivity (Wildman–Crippen MR) is 183 cm³/mol. The number of hydrogen-bond donors (Lipinski definition) is 0. The van der Waals surface area contributed by atoms with Gasteiger partial charge in [-0.15, -0.1) is 10.2 Å². The summed E-state index contributed by atoms with van der Waals surface area (Å²) < 4.78 is 3.48. The molecule has 0 radical (unpaired) electrons. The predicted octanol–water partition coefficient (Wildman–Crippen LogP) is 5.38. The molecule has 1 aliphatic heterocycles. The summed E-state index contributed by atoms with van der Waals surface area (Å²) in [6, 6.07) is 0.172. The van der Waals surface area contributed by atoms with Gasteiger partial charge < -0.3 is 0 Å². The number of hydrogen-bond acceptors (Lipinski definition) is 11. The van der Waals surface area contributed by atoms with Crippen LogP contribution in [0.5, 0.6) is 0 Å². The Morgan fingerprint density at radius 2 is 1.35 bits per heavy atom. The summed E-state index contributed by atoms with van der Waals surface area (Å²) >= 11 is 0. The summed E-state index contributed by atoms with van der Waals surface area (Å²) in [5.74, 6) is 1.26. The zero-order valence-electron chi connectivity index (χ0n) is 29.5. The van der Waals surface area contributed by atoms with Crippen molar-refractivity contribution in [2.45, 2.75) is 126 Å². The number of rotatable bonds is 14. The monoisotopic (exact) mass is 679 g/mol. The third kappa shape index (κ3) is 13.1. The van der Waals surface area contributed by atoms with E-state index in [0.717, 1.165) is 11.4 Å². The number of amides is 2. The van der Waals surface area contributed by atoms with E-state index < -0.39 is 0 Å². The first-order valence-corrected chi connectivity index (χ1v) is 18.3. The zero-order chi connectivity index (χ0) is 35.3. The molecule has 0 spiro atoms. The SMILES string of the molecule is CC(C)C(=O)CSSC1CC(=O)N(C(C)C)C1=O.CC(C)C(=O)Cc1cnnn1C(C)C.CC(C)C(=O)Cn1nncc1C(C)C. The van der Waals surface area contributed by atoms with Crippen LogP contribution in [0.15, 0.2) is 12.4 Å². The summed E-state index contributed by atoms with van der Waals surface area (Å²) in [6.45, 7) is 23.5. The molecular formula is C32H53N7O5S2. The van der Waals surface area contributed by atoms with Crippen LogP contribution in [-0.2, 0) is 36.9 Å². The Hall–Kier alpha value is -2.87. The van der Waals surface area contributed by atoms with Crippen molar-refractivity contribution in [1.29, 1.82) is 0 Å². The highest BCUT2D eigenvalue weighted by atomic mass is 33.1. The molecule has 1 unspecified atom stereocenters. The maximum Gasteiger partial charge on any atom is 0.243 e. The molecule has 3 rings (SSSR count). The average molecular weight is 680 g/mol. The topological polar surface area (TPSA) is 150 Å². The molecule has 12 nitrogen and oxygen atoms in total. The van der Waals surface area contributed by atoms with Crippen LogP contribution < -0.4 is 0 Å². The normalized spacial score (nSPS) is 14.8. The summed E-state index contributed by atoms with van der Waals surface area (Å²) in [6.07, 6.45) is 4.08. The lowest BCUT2D eigenvalue weighted by atomic mass is 10.0. The number of aromatic nitrogens is 6. The lowest BCUT2D eigenvalue weighted by molar-refractivity contribution is -0.140. The number of Topliss-reactive ketones (excluding diaryl/α,β-unsaturated/α-hetero) is 3. The van der Waals surface area contributed by atoms with E-state index in [-0.39, 0.29) is 70.7 Å². The number of carbonyl (C=O) groups excluding carboxylic acids is 5. The van der Waals surface area contributed by atoms with Crippen LogP contribution in [0.3, 0.4) is 0 Å². The van der Waals surface area contributed by atoms with Crippen LogP contribution in [0, 0.1) is 17.8 Å². The summed E-state index contributed by atoms with van der Waals surface area (Å²) in [4.78, 5) is 59.4. The Labute approximate surface area is 282 Å². The van der Waals surface area contributed by atoms with Gasteiger partial charge in [0.25, 0.3) is 0 Å². The standard InChI is InChI=1S/C12H19NO3S2.2C10H17N3O/c1-7(2)9(14)6-17-18-10-5-11(15)13(8(3)4)12(10)16;1-7(2)9-5-11-12-13(9)6-10(14)8(3)4;1-7(2)10(14)5-9-6-11-12-13(9)8(3)4/h7-8,10H,5-6H2,1-4H3;5,7-8H,6H2,1-4H3;6-8H,5H2,1-4H3. The molecule has 3 heterocycles. The molecule has 0 bridgehead atoms. The first kappa shape index (κ1) is 41.2. The number of carbonyl (C=O) groups is 5. The number of ketones is 3. The molecule has 2 aromatic heterocycles. The van der Waals surface area contributed by atoms with Crippen LogP contribution in [0.25, 0.3) is 0 Å². The van der Waals surface area contributed by atoms with Gasteiger partial charge in [0.2, 0.25) is 11.8 Å². The van der Waals surface area contributed by atoms with Crippen LogP contribution in [0.1, 0.15) is 113 Å². The van der Waals surface area contributed by atoms with E-state index in [0.29, 0.717) is 24.6 Å². The fourth-order valence-corrected chi connectivity index (χ4v) is 6.54. The van der Waals surface area contributed by atoms with E-state index in [1.54, 1.807) is 21.8 Å². The second-order valence-corrected chi connectivity index (χ2v) is 15.6. The van der Waals surface area contributed by atoms with Gasteiger partial charge in [-0.05, 0) is 33.6 Å². The third-order valence-electron chi connectivity index (χ3n) is 7.01. The van der Waals surface area contributed by atoms with Crippen LogP contribution in [0.2, 0.25) is 0 Å². The van der Waals surface area contributed by atoms with Crippen LogP contribution in [0.4, 0.5) is 0 Å². The van der Waals surface area contributed by atoms with Gasteiger partial charge in [-0.25, -0.2) is 9.36 Å². The van der Waals surface area contributed by atoms with Crippen LogP contribution >= 0.6 is 21.6 Å². The summed E-state index contributed by atoms with van der Waals surface area (Å²) in [5.41, 5.74) is 1.91. The van der Waals surface area contributed by atoms with Crippen LogP contribution in [-0.4, -0.2) is 81.1 Å².